The fourth-order valence-corrected chi connectivity index (χ4v) is 6.71. The number of hydrogen-bond acceptors (Lipinski definition) is 4. The number of hydrogen-bond donors (Lipinski definition) is 0. The van der Waals surface area contributed by atoms with Crippen molar-refractivity contribution in [3.05, 3.63) is 24.3 Å². The predicted molar refractivity (Wildman–Crippen MR) is 75.1 cm³/mol. The minimum absolute atomic E-state index is 0.168. The van der Waals surface area contributed by atoms with Gasteiger partial charge in [0, 0.05) is 12.3 Å². The number of ether oxygens (including phenoxy) is 1. The van der Waals surface area contributed by atoms with Crippen LogP contribution in [0.3, 0.4) is 0 Å². The molecule has 0 aromatic heterocycles. The molecular weight excluding hydrogens is 288 g/mol. The Morgan fingerprint density at radius 1 is 1.14 bits per heavy atom. The highest BCUT2D eigenvalue weighted by atomic mass is 32.2. The van der Waals surface area contributed by atoms with Crippen molar-refractivity contribution < 1.29 is 17.3 Å². The maximum atomic E-state index is 12.5. The first-order valence-electron chi connectivity index (χ1n) is 7.83. The fourth-order valence-electron chi connectivity index (χ4n) is 5.42. The molecule has 1 heterocycles. The Kier molecular flexibility index (Phi) is 2.27. The summed E-state index contributed by atoms with van der Waals surface area (Å²) in [7, 11) is -3.71. The van der Waals surface area contributed by atoms with E-state index in [9.17, 15) is 8.42 Å². The van der Waals surface area contributed by atoms with E-state index in [2.05, 4.69) is 0 Å². The molecule has 4 nitrogen and oxygen atoms in total. The number of benzene rings is 1. The van der Waals surface area contributed by atoms with Crippen molar-refractivity contribution in [3.8, 4) is 5.75 Å². The summed E-state index contributed by atoms with van der Waals surface area (Å²) in [5, 5.41) is 0. The molecule has 3 aliphatic carbocycles. The molecule has 1 aromatic rings. The lowest BCUT2D eigenvalue weighted by Gasteiger charge is -2.43. The maximum Gasteiger partial charge on any atom is 0.304 e. The van der Waals surface area contributed by atoms with Gasteiger partial charge >= 0.3 is 10.1 Å². The molecule has 0 radical (unpaired) electrons. The highest BCUT2D eigenvalue weighted by Crippen LogP contribution is 2.65. The van der Waals surface area contributed by atoms with Gasteiger partial charge in [0.05, 0.1) is 0 Å². The molecule has 0 amide bonds. The van der Waals surface area contributed by atoms with E-state index in [0.717, 1.165) is 18.8 Å². The van der Waals surface area contributed by atoms with Crippen LogP contribution in [0.4, 0.5) is 0 Å². The van der Waals surface area contributed by atoms with Gasteiger partial charge in [0.15, 0.2) is 0 Å². The van der Waals surface area contributed by atoms with E-state index in [4.69, 9.17) is 8.92 Å². The predicted octanol–water partition coefficient (Wildman–Crippen LogP) is 2.94. The van der Waals surface area contributed by atoms with Gasteiger partial charge in [-0.15, -0.1) is 0 Å². The zero-order chi connectivity index (χ0) is 14.2. The molecule has 3 saturated carbocycles. The van der Waals surface area contributed by atoms with E-state index in [-0.39, 0.29) is 10.8 Å². The van der Waals surface area contributed by atoms with Crippen LogP contribution in [0.25, 0.3) is 0 Å². The third-order valence-electron chi connectivity index (χ3n) is 6.07. The Morgan fingerprint density at radius 3 is 2.86 bits per heavy atom. The minimum atomic E-state index is -3.71. The third-order valence-corrected chi connectivity index (χ3v) is 7.44. The molecule has 5 rings (SSSR count). The van der Waals surface area contributed by atoms with Crippen molar-refractivity contribution in [3.63, 3.8) is 0 Å². The maximum absolute atomic E-state index is 12.5. The monoisotopic (exact) mass is 306 g/mol. The molecule has 1 aromatic carbocycles. The molecule has 2 bridgehead atoms. The zero-order valence-electron chi connectivity index (χ0n) is 11.7. The number of fused-ring (bicyclic) bond motifs is 7. The lowest BCUT2D eigenvalue weighted by atomic mass is 9.78. The summed E-state index contributed by atoms with van der Waals surface area (Å²) in [6.07, 6.45) is 5.55. The summed E-state index contributed by atoms with van der Waals surface area (Å²) in [5.74, 6) is 1.70. The van der Waals surface area contributed by atoms with Gasteiger partial charge < -0.3 is 4.74 Å². The normalized spacial score (nSPS) is 45.3. The zero-order valence-corrected chi connectivity index (χ0v) is 12.5. The SMILES string of the molecule is O=S1(=O)OC2(CC3CC2C2CCCC32)Oc2ccccc21. The van der Waals surface area contributed by atoms with Crippen LogP contribution in [0.5, 0.6) is 5.75 Å². The second-order valence-corrected chi connectivity index (χ2v) is 8.48. The molecular formula is C16H18O4S. The van der Waals surface area contributed by atoms with Crippen LogP contribution in [0, 0.1) is 23.7 Å². The Hall–Kier alpha value is -1.07. The first-order valence-corrected chi connectivity index (χ1v) is 9.24. The van der Waals surface area contributed by atoms with Crippen LogP contribution < -0.4 is 4.74 Å². The van der Waals surface area contributed by atoms with Crippen molar-refractivity contribution in [1.82, 2.24) is 0 Å². The molecule has 5 unspecified atom stereocenters. The molecule has 4 aliphatic rings. The van der Waals surface area contributed by atoms with Crippen LogP contribution in [0.1, 0.15) is 32.1 Å². The second-order valence-electron chi connectivity index (χ2n) is 6.96. The molecule has 5 heteroatoms. The number of para-hydroxylation sites is 1. The van der Waals surface area contributed by atoms with Crippen molar-refractivity contribution in [2.75, 3.05) is 0 Å². The fraction of sp³-hybridized carbons (Fsp3) is 0.625. The molecule has 0 N–H and O–H groups in total. The van der Waals surface area contributed by atoms with Gasteiger partial charge in [-0.1, -0.05) is 18.6 Å². The highest BCUT2D eigenvalue weighted by Gasteiger charge is 2.66. The summed E-state index contributed by atoms with van der Waals surface area (Å²) >= 11 is 0. The first-order chi connectivity index (χ1) is 10.1. The van der Waals surface area contributed by atoms with Gasteiger partial charge in [-0.25, -0.2) is 4.18 Å². The standard InChI is InChI=1S/C16H18O4S/c17-21(18)15-7-2-1-6-14(15)19-16(20-21)9-10-8-13(16)12-5-3-4-11(10)12/h1-2,6-7,10-13H,3-5,8-9H2. The van der Waals surface area contributed by atoms with E-state index >= 15 is 0 Å². The van der Waals surface area contributed by atoms with Crippen LogP contribution in [0.15, 0.2) is 29.2 Å². The number of rotatable bonds is 0. The molecule has 112 valence electrons. The van der Waals surface area contributed by atoms with Gasteiger partial charge in [0.25, 0.3) is 0 Å². The average Bonchev–Trinajstić information content (AvgIpc) is 3.09. The largest absolute Gasteiger partial charge is 0.459 e. The van der Waals surface area contributed by atoms with Gasteiger partial charge in [0.1, 0.15) is 10.6 Å². The van der Waals surface area contributed by atoms with Gasteiger partial charge in [-0.05, 0) is 49.1 Å². The van der Waals surface area contributed by atoms with E-state index in [1.54, 1.807) is 18.2 Å². The lowest BCUT2D eigenvalue weighted by Crippen LogP contribution is -2.51. The van der Waals surface area contributed by atoms with Gasteiger partial charge in [-0.3, -0.25) is 0 Å². The van der Waals surface area contributed by atoms with Crippen molar-refractivity contribution in [1.29, 1.82) is 0 Å². The van der Waals surface area contributed by atoms with Gasteiger partial charge in [-0.2, -0.15) is 8.42 Å². The van der Waals surface area contributed by atoms with Crippen LogP contribution in [-0.2, 0) is 14.3 Å². The quantitative estimate of drug-likeness (QED) is 0.692. The smallest absolute Gasteiger partial charge is 0.304 e. The Bertz CT molecular complexity index is 713. The lowest BCUT2D eigenvalue weighted by molar-refractivity contribution is -0.174. The molecule has 5 atom stereocenters. The molecule has 1 aliphatic heterocycles. The van der Waals surface area contributed by atoms with Crippen LogP contribution in [-0.4, -0.2) is 14.2 Å². The van der Waals surface area contributed by atoms with Crippen molar-refractivity contribution in [2.45, 2.75) is 42.8 Å². The van der Waals surface area contributed by atoms with Gasteiger partial charge in [0.2, 0.25) is 5.79 Å². The summed E-state index contributed by atoms with van der Waals surface area (Å²) in [5.41, 5.74) is 0. The van der Waals surface area contributed by atoms with E-state index < -0.39 is 15.9 Å². The van der Waals surface area contributed by atoms with E-state index in [1.165, 1.54) is 19.3 Å². The third kappa shape index (κ3) is 1.51. The highest BCUT2D eigenvalue weighted by molar-refractivity contribution is 7.87. The topological polar surface area (TPSA) is 52.6 Å². The second kappa shape index (κ2) is 3.82. The molecule has 1 spiro atoms. The molecule has 3 fully saturated rings. The Labute approximate surface area is 124 Å². The van der Waals surface area contributed by atoms with Crippen molar-refractivity contribution in [2.24, 2.45) is 23.7 Å². The summed E-state index contributed by atoms with van der Waals surface area (Å²) in [6.45, 7) is 0. The summed E-state index contributed by atoms with van der Waals surface area (Å²) in [6, 6.07) is 6.83. The van der Waals surface area contributed by atoms with E-state index in [1.807, 2.05) is 6.07 Å². The average molecular weight is 306 g/mol. The van der Waals surface area contributed by atoms with Crippen LogP contribution >= 0.6 is 0 Å². The van der Waals surface area contributed by atoms with Crippen LogP contribution in [0.2, 0.25) is 0 Å². The van der Waals surface area contributed by atoms with Crippen molar-refractivity contribution >= 4 is 10.1 Å². The Morgan fingerprint density at radius 2 is 1.95 bits per heavy atom. The van der Waals surface area contributed by atoms with E-state index in [0.29, 0.717) is 17.6 Å². The molecule has 0 saturated heterocycles. The molecule has 21 heavy (non-hydrogen) atoms. The summed E-state index contributed by atoms with van der Waals surface area (Å²) in [4.78, 5) is 0.168. The first kappa shape index (κ1) is 12.5. The minimum Gasteiger partial charge on any atom is -0.459 e. The Balaban J connectivity index is 1.61. The summed E-state index contributed by atoms with van der Waals surface area (Å²) < 4.78 is 36.8.